The Morgan fingerprint density at radius 2 is 1.77 bits per heavy atom. The summed E-state index contributed by atoms with van der Waals surface area (Å²) in [6, 6.07) is 19.0. The zero-order valence-electron chi connectivity index (χ0n) is 13.1. The van der Waals surface area contributed by atoms with Crippen molar-refractivity contribution < 1.29 is 0 Å². The highest BCUT2D eigenvalue weighted by Gasteiger charge is 2.30. The first kappa shape index (κ1) is 15.0. The van der Waals surface area contributed by atoms with E-state index in [1.807, 2.05) is 11.3 Å². The molecule has 0 aliphatic heterocycles. The van der Waals surface area contributed by atoms with Gasteiger partial charge in [0, 0.05) is 5.92 Å². The second kappa shape index (κ2) is 6.05. The molecule has 0 aliphatic carbocycles. The van der Waals surface area contributed by atoms with Crippen LogP contribution in [0.15, 0.2) is 67.3 Å². The van der Waals surface area contributed by atoms with Crippen molar-refractivity contribution in [2.75, 3.05) is 0 Å². The normalized spacial score (nSPS) is 13.2. The van der Waals surface area contributed by atoms with Crippen molar-refractivity contribution in [3.8, 4) is 0 Å². The molecule has 2 aromatic carbocycles. The molecule has 1 aromatic heterocycles. The molecule has 112 valence electrons. The fourth-order valence-electron chi connectivity index (χ4n) is 2.70. The molecule has 0 amide bonds. The summed E-state index contributed by atoms with van der Waals surface area (Å²) in [5, 5.41) is 1.20. The Hall–Kier alpha value is -1.93. The maximum absolute atomic E-state index is 4.89. The lowest BCUT2D eigenvalue weighted by Gasteiger charge is -2.30. The molecule has 0 spiro atoms. The zero-order valence-corrected chi connectivity index (χ0v) is 13.9. The fourth-order valence-corrected chi connectivity index (χ4v) is 3.96. The minimum absolute atomic E-state index is 0.00369. The van der Waals surface area contributed by atoms with E-state index in [0.29, 0.717) is 5.92 Å². The molecule has 0 aliphatic rings. The number of benzene rings is 2. The van der Waals surface area contributed by atoms with Gasteiger partial charge in [-0.15, -0.1) is 17.9 Å². The van der Waals surface area contributed by atoms with Crippen LogP contribution in [0, 0.1) is 5.41 Å². The predicted molar refractivity (Wildman–Crippen MR) is 96.5 cm³/mol. The zero-order chi connectivity index (χ0) is 15.6. The van der Waals surface area contributed by atoms with E-state index in [1.165, 1.54) is 15.3 Å². The van der Waals surface area contributed by atoms with Crippen molar-refractivity contribution in [2.45, 2.75) is 26.2 Å². The van der Waals surface area contributed by atoms with Crippen LogP contribution in [0.5, 0.6) is 0 Å². The monoisotopic (exact) mass is 307 g/mol. The summed E-state index contributed by atoms with van der Waals surface area (Å²) in [5.41, 5.74) is 2.45. The molecule has 0 radical (unpaired) electrons. The van der Waals surface area contributed by atoms with Gasteiger partial charge in [-0.2, -0.15) is 0 Å². The smallest absolute Gasteiger partial charge is 0.0981 e. The highest BCUT2D eigenvalue weighted by atomic mass is 32.1. The highest BCUT2D eigenvalue weighted by Crippen LogP contribution is 2.41. The van der Waals surface area contributed by atoms with Gasteiger partial charge in [0.15, 0.2) is 0 Å². The van der Waals surface area contributed by atoms with E-state index in [4.69, 9.17) is 4.98 Å². The molecule has 1 unspecified atom stereocenters. The highest BCUT2D eigenvalue weighted by molar-refractivity contribution is 7.18. The summed E-state index contributed by atoms with van der Waals surface area (Å²) in [5.74, 6) is 0.338. The van der Waals surface area contributed by atoms with E-state index < -0.39 is 0 Å². The molecule has 3 aromatic rings. The number of hydrogen-bond acceptors (Lipinski definition) is 2. The number of fused-ring (bicyclic) bond motifs is 1. The van der Waals surface area contributed by atoms with Crippen molar-refractivity contribution in [2.24, 2.45) is 5.41 Å². The minimum atomic E-state index is 0.00369. The number of hydrogen-bond donors (Lipinski definition) is 0. The van der Waals surface area contributed by atoms with Crippen LogP contribution in [0.2, 0.25) is 0 Å². The lowest BCUT2D eigenvalue weighted by molar-refractivity contribution is 0.369. The summed E-state index contributed by atoms with van der Waals surface area (Å²) < 4.78 is 1.26. The minimum Gasteiger partial charge on any atom is -0.241 e. The third-order valence-electron chi connectivity index (χ3n) is 4.32. The number of para-hydroxylation sites is 1. The van der Waals surface area contributed by atoms with E-state index in [9.17, 15) is 0 Å². The SMILES string of the molecule is C=CC(C)(C)C(Cc1ccccc1)c1nc2ccccc2s1. The van der Waals surface area contributed by atoms with Crippen molar-refractivity contribution in [1.29, 1.82) is 0 Å². The Morgan fingerprint density at radius 1 is 1.09 bits per heavy atom. The van der Waals surface area contributed by atoms with Gasteiger partial charge < -0.3 is 0 Å². The number of allylic oxidation sites excluding steroid dienone is 1. The Morgan fingerprint density at radius 3 is 2.45 bits per heavy atom. The fraction of sp³-hybridized carbons (Fsp3) is 0.250. The van der Waals surface area contributed by atoms with Gasteiger partial charge in [0.2, 0.25) is 0 Å². The van der Waals surface area contributed by atoms with Gasteiger partial charge in [-0.3, -0.25) is 0 Å². The van der Waals surface area contributed by atoms with E-state index in [2.05, 4.69) is 81.1 Å². The van der Waals surface area contributed by atoms with Gasteiger partial charge in [0.25, 0.3) is 0 Å². The summed E-state index contributed by atoms with van der Waals surface area (Å²) in [4.78, 5) is 4.89. The first-order chi connectivity index (χ1) is 10.6. The molecule has 0 saturated heterocycles. The van der Waals surface area contributed by atoms with Gasteiger partial charge in [-0.05, 0) is 29.5 Å². The maximum atomic E-state index is 4.89. The molecule has 3 rings (SSSR count). The second-order valence-corrected chi connectivity index (χ2v) is 7.35. The molecule has 0 N–H and O–H groups in total. The summed E-state index contributed by atoms with van der Waals surface area (Å²) in [6.45, 7) is 8.55. The number of nitrogens with zero attached hydrogens (tertiary/aromatic N) is 1. The topological polar surface area (TPSA) is 12.9 Å². The lowest BCUT2D eigenvalue weighted by Crippen LogP contribution is -2.21. The van der Waals surface area contributed by atoms with E-state index in [0.717, 1.165) is 11.9 Å². The van der Waals surface area contributed by atoms with Crippen LogP contribution in [0.25, 0.3) is 10.2 Å². The van der Waals surface area contributed by atoms with E-state index >= 15 is 0 Å². The Balaban J connectivity index is 2.03. The molecule has 2 heteroatoms. The van der Waals surface area contributed by atoms with Crippen LogP contribution >= 0.6 is 11.3 Å². The first-order valence-corrected chi connectivity index (χ1v) is 8.45. The Kier molecular flexibility index (Phi) is 4.12. The van der Waals surface area contributed by atoms with Crippen molar-refractivity contribution in [1.82, 2.24) is 4.98 Å². The van der Waals surface area contributed by atoms with Crippen molar-refractivity contribution in [3.63, 3.8) is 0 Å². The van der Waals surface area contributed by atoms with E-state index in [-0.39, 0.29) is 5.41 Å². The molecule has 1 nitrogen and oxygen atoms in total. The molecular formula is C20H21NS. The average Bonchev–Trinajstić information content (AvgIpc) is 2.97. The van der Waals surface area contributed by atoms with Crippen LogP contribution < -0.4 is 0 Å². The Bertz CT molecular complexity index is 738. The quantitative estimate of drug-likeness (QED) is 0.540. The van der Waals surface area contributed by atoms with Crippen LogP contribution in [0.3, 0.4) is 0 Å². The van der Waals surface area contributed by atoms with Crippen LogP contribution in [-0.2, 0) is 6.42 Å². The lowest BCUT2D eigenvalue weighted by atomic mass is 9.76. The summed E-state index contributed by atoms with van der Waals surface area (Å²) in [6.07, 6.45) is 3.05. The predicted octanol–water partition coefficient (Wildman–Crippen LogP) is 5.83. The summed E-state index contributed by atoms with van der Waals surface area (Å²) in [7, 11) is 0. The second-order valence-electron chi connectivity index (χ2n) is 6.29. The average molecular weight is 307 g/mol. The van der Waals surface area contributed by atoms with Crippen molar-refractivity contribution >= 4 is 21.6 Å². The molecule has 0 saturated carbocycles. The van der Waals surface area contributed by atoms with E-state index in [1.54, 1.807) is 0 Å². The van der Waals surface area contributed by atoms with Gasteiger partial charge in [0.1, 0.15) is 0 Å². The third kappa shape index (κ3) is 2.97. The number of aromatic nitrogens is 1. The standard InChI is InChI=1S/C20H21NS/c1-4-20(2,3)16(14-15-10-6-5-7-11-15)19-21-17-12-8-9-13-18(17)22-19/h4-13,16H,1,14H2,2-3H3. The molecule has 1 heterocycles. The molecule has 1 atom stereocenters. The third-order valence-corrected chi connectivity index (χ3v) is 5.47. The van der Waals surface area contributed by atoms with Crippen molar-refractivity contribution in [3.05, 3.63) is 77.8 Å². The number of rotatable bonds is 5. The van der Waals surface area contributed by atoms with Crippen LogP contribution in [-0.4, -0.2) is 4.98 Å². The summed E-state index contributed by atoms with van der Waals surface area (Å²) >= 11 is 1.81. The largest absolute Gasteiger partial charge is 0.241 e. The van der Waals surface area contributed by atoms with Gasteiger partial charge in [0.05, 0.1) is 15.2 Å². The Labute approximate surface area is 136 Å². The van der Waals surface area contributed by atoms with Gasteiger partial charge in [-0.25, -0.2) is 4.98 Å². The number of thiazole rings is 1. The molecule has 0 fully saturated rings. The van der Waals surface area contributed by atoms with Crippen LogP contribution in [0.4, 0.5) is 0 Å². The van der Waals surface area contributed by atoms with Gasteiger partial charge in [-0.1, -0.05) is 62.4 Å². The van der Waals surface area contributed by atoms with Crippen LogP contribution in [0.1, 0.15) is 30.3 Å². The molecule has 22 heavy (non-hydrogen) atoms. The first-order valence-electron chi connectivity index (χ1n) is 7.63. The van der Waals surface area contributed by atoms with Gasteiger partial charge >= 0.3 is 0 Å². The molecule has 0 bridgehead atoms. The molecular weight excluding hydrogens is 286 g/mol. The maximum Gasteiger partial charge on any atom is 0.0981 e.